The van der Waals surface area contributed by atoms with Crippen molar-refractivity contribution in [3.8, 4) is 0 Å². The molecular formula is C13H22N2O4. The predicted molar refractivity (Wildman–Crippen MR) is 68.9 cm³/mol. The van der Waals surface area contributed by atoms with Gasteiger partial charge < -0.3 is 20.1 Å². The number of nitrogens with one attached hydrogen (secondary N) is 1. The van der Waals surface area contributed by atoms with Crippen LogP contribution in [0.25, 0.3) is 0 Å². The molecule has 6 heteroatoms. The first-order chi connectivity index (χ1) is 9.14. The van der Waals surface area contributed by atoms with Crippen molar-refractivity contribution in [1.82, 2.24) is 10.2 Å². The van der Waals surface area contributed by atoms with Crippen molar-refractivity contribution in [2.24, 2.45) is 5.41 Å². The average molecular weight is 270 g/mol. The van der Waals surface area contributed by atoms with E-state index in [1.807, 2.05) is 0 Å². The van der Waals surface area contributed by atoms with Crippen molar-refractivity contribution in [3.05, 3.63) is 0 Å². The van der Waals surface area contributed by atoms with Crippen molar-refractivity contribution in [2.45, 2.75) is 32.1 Å². The number of ether oxygens (including phenoxy) is 1. The summed E-state index contributed by atoms with van der Waals surface area (Å²) in [6, 6.07) is -0.168. The first-order valence-corrected chi connectivity index (χ1v) is 6.98. The lowest BCUT2D eigenvalue weighted by Crippen LogP contribution is -2.47. The monoisotopic (exact) mass is 270 g/mol. The van der Waals surface area contributed by atoms with Crippen molar-refractivity contribution < 1.29 is 19.4 Å². The molecule has 1 aliphatic carbocycles. The van der Waals surface area contributed by atoms with Crippen LogP contribution in [-0.2, 0) is 9.53 Å². The fourth-order valence-electron chi connectivity index (χ4n) is 2.82. The predicted octanol–water partition coefficient (Wildman–Crippen LogP) is 1.06. The number of amides is 2. The number of hydrogen-bond acceptors (Lipinski definition) is 3. The largest absolute Gasteiger partial charge is 0.481 e. The molecule has 0 aromatic carbocycles. The molecule has 2 aliphatic rings. The van der Waals surface area contributed by atoms with Crippen LogP contribution >= 0.6 is 0 Å². The second-order valence-corrected chi connectivity index (χ2v) is 5.40. The summed E-state index contributed by atoms with van der Waals surface area (Å²) >= 11 is 0. The molecule has 1 heterocycles. The number of carbonyl (C=O) groups excluding carboxylic acids is 1. The summed E-state index contributed by atoms with van der Waals surface area (Å²) in [6.07, 6.45) is 4.01. The Balaban J connectivity index is 1.86. The number of nitrogens with zero attached hydrogens (tertiary/aromatic N) is 1. The highest BCUT2D eigenvalue weighted by Crippen LogP contribution is 2.37. The fraction of sp³-hybridized carbons (Fsp3) is 0.846. The van der Waals surface area contributed by atoms with Gasteiger partial charge in [-0.05, 0) is 19.3 Å². The van der Waals surface area contributed by atoms with Gasteiger partial charge in [0.05, 0.1) is 12.0 Å². The highest BCUT2D eigenvalue weighted by atomic mass is 16.5. The van der Waals surface area contributed by atoms with E-state index in [1.165, 1.54) is 0 Å². The third-order valence-electron chi connectivity index (χ3n) is 4.10. The second kappa shape index (κ2) is 6.23. The summed E-state index contributed by atoms with van der Waals surface area (Å²) in [5, 5.41) is 12.1. The molecule has 6 nitrogen and oxygen atoms in total. The molecule has 108 valence electrons. The molecule has 0 unspecified atom stereocenters. The third-order valence-corrected chi connectivity index (χ3v) is 4.10. The summed E-state index contributed by atoms with van der Waals surface area (Å²) in [7, 11) is 0. The maximum Gasteiger partial charge on any atom is 0.317 e. The minimum atomic E-state index is -0.788. The van der Waals surface area contributed by atoms with Crippen molar-refractivity contribution in [2.75, 3.05) is 32.8 Å². The van der Waals surface area contributed by atoms with Crippen LogP contribution in [-0.4, -0.2) is 54.9 Å². The first-order valence-electron chi connectivity index (χ1n) is 6.98. The van der Waals surface area contributed by atoms with Gasteiger partial charge in [-0.2, -0.15) is 0 Å². The number of hydrogen-bond donors (Lipinski definition) is 2. The molecule has 19 heavy (non-hydrogen) atoms. The van der Waals surface area contributed by atoms with Gasteiger partial charge in [0.15, 0.2) is 0 Å². The van der Waals surface area contributed by atoms with Gasteiger partial charge >= 0.3 is 12.0 Å². The van der Waals surface area contributed by atoms with E-state index in [0.717, 1.165) is 19.3 Å². The molecule has 1 aliphatic heterocycles. The van der Waals surface area contributed by atoms with Gasteiger partial charge in [-0.15, -0.1) is 0 Å². The van der Waals surface area contributed by atoms with E-state index in [-0.39, 0.29) is 12.6 Å². The van der Waals surface area contributed by atoms with Crippen LogP contribution in [0.3, 0.4) is 0 Å². The molecule has 0 spiro atoms. The lowest BCUT2D eigenvalue weighted by molar-refractivity contribution is -0.148. The molecule has 0 bridgehead atoms. The standard InChI is InChI=1S/C13H22N2O4/c16-11(17)13(4-1-2-5-13)10-14-12(18)15-6-3-8-19-9-7-15/h1-10H2,(H,14,18)(H,16,17). The molecule has 2 amide bonds. The Hall–Kier alpha value is -1.30. The van der Waals surface area contributed by atoms with Gasteiger partial charge in [0.25, 0.3) is 0 Å². The van der Waals surface area contributed by atoms with E-state index in [1.54, 1.807) is 4.90 Å². The number of carbonyl (C=O) groups is 2. The summed E-state index contributed by atoms with van der Waals surface area (Å²) in [4.78, 5) is 25.1. The van der Waals surface area contributed by atoms with Gasteiger partial charge in [-0.3, -0.25) is 4.79 Å². The molecule has 1 saturated heterocycles. The summed E-state index contributed by atoms with van der Waals surface area (Å²) < 4.78 is 5.30. The Morgan fingerprint density at radius 1 is 1.16 bits per heavy atom. The Bertz CT molecular complexity index is 332. The van der Waals surface area contributed by atoms with Crippen LogP contribution < -0.4 is 5.32 Å². The normalized spacial score (nSPS) is 22.8. The van der Waals surface area contributed by atoms with E-state index in [4.69, 9.17) is 4.74 Å². The molecule has 2 fully saturated rings. The molecule has 0 aromatic heterocycles. The molecule has 0 atom stereocenters. The van der Waals surface area contributed by atoms with E-state index >= 15 is 0 Å². The topological polar surface area (TPSA) is 78.9 Å². The lowest BCUT2D eigenvalue weighted by Gasteiger charge is -2.27. The van der Waals surface area contributed by atoms with E-state index < -0.39 is 11.4 Å². The Morgan fingerprint density at radius 2 is 1.89 bits per heavy atom. The van der Waals surface area contributed by atoms with Crippen LogP contribution in [0.1, 0.15) is 32.1 Å². The Labute approximate surface area is 113 Å². The average Bonchev–Trinajstić information content (AvgIpc) is 2.72. The van der Waals surface area contributed by atoms with Gasteiger partial charge in [0, 0.05) is 26.2 Å². The van der Waals surface area contributed by atoms with E-state index in [2.05, 4.69) is 5.32 Å². The summed E-state index contributed by atoms with van der Waals surface area (Å²) in [5.74, 6) is -0.788. The minimum Gasteiger partial charge on any atom is -0.481 e. The van der Waals surface area contributed by atoms with Crippen LogP contribution in [0.15, 0.2) is 0 Å². The maximum atomic E-state index is 12.0. The van der Waals surface area contributed by atoms with Crippen LogP contribution in [0.4, 0.5) is 4.79 Å². The smallest absolute Gasteiger partial charge is 0.317 e. The van der Waals surface area contributed by atoms with Crippen LogP contribution in [0, 0.1) is 5.41 Å². The van der Waals surface area contributed by atoms with Crippen molar-refractivity contribution in [1.29, 1.82) is 0 Å². The van der Waals surface area contributed by atoms with Crippen LogP contribution in [0.2, 0.25) is 0 Å². The van der Waals surface area contributed by atoms with Gasteiger partial charge in [-0.25, -0.2) is 4.79 Å². The van der Waals surface area contributed by atoms with Gasteiger partial charge in [0.2, 0.25) is 0 Å². The van der Waals surface area contributed by atoms with E-state index in [0.29, 0.717) is 39.1 Å². The molecule has 2 rings (SSSR count). The number of aliphatic carboxylic acids is 1. The third kappa shape index (κ3) is 3.37. The zero-order valence-corrected chi connectivity index (χ0v) is 11.2. The zero-order valence-electron chi connectivity index (χ0n) is 11.2. The molecule has 2 N–H and O–H groups in total. The number of carboxylic acids is 1. The van der Waals surface area contributed by atoms with Gasteiger partial charge in [0.1, 0.15) is 0 Å². The number of urea groups is 1. The SMILES string of the molecule is O=C(NCC1(C(=O)O)CCCC1)N1CCCOCC1. The maximum absolute atomic E-state index is 12.0. The number of carboxylic acid groups (broad SMARTS) is 1. The summed E-state index contributed by atoms with van der Waals surface area (Å²) in [5.41, 5.74) is -0.752. The number of rotatable bonds is 3. The highest BCUT2D eigenvalue weighted by molar-refractivity contribution is 5.78. The quantitative estimate of drug-likeness (QED) is 0.804. The highest BCUT2D eigenvalue weighted by Gasteiger charge is 2.41. The van der Waals surface area contributed by atoms with Gasteiger partial charge in [-0.1, -0.05) is 12.8 Å². The zero-order chi connectivity index (χ0) is 13.7. The fourth-order valence-corrected chi connectivity index (χ4v) is 2.82. The second-order valence-electron chi connectivity index (χ2n) is 5.40. The summed E-state index contributed by atoms with van der Waals surface area (Å²) in [6.45, 7) is 2.72. The van der Waals surface area contributed by atoms with Crippen molar-refractivity contribution >= 4 is 12.0 Å². The first kappa shape index (κ1) is 14.1. The molecule has 0 radical (unpaired) electrons. The van der Waals surface area contributed by atoms with Crippen LogP contribution in [0.5, 0.6) is 0 Å². The lowest BCUT2D eigenvalue weighted by atomic mass is 9.86. The van der Waals surface area contributed by atoms with Crippen molar-refractivity contribution in [3.63, 3.8) is 0 Å². The minimum absolute atomic E-state index is 0.168. The molecular weight excluding hydrogens is 248 g/mol. The Morgan fingerprint density at radius 3 is 2.58 bits per heavy atom. The molecule has 0 aromatic rings. The Kier molecular flexibility index (Phi) is 4.63. The molecule has 1 saturated carbocycles. The van der Waals surface area contributed by atoms with E-state index in [9.17, 15) is 14.7 Å².